The molecule has 156 valence electrons. The highest BCUT2D eigenvalue weighted by molar-refractivity contribution is 6.34. The number of pyridine rings is 1. The summed E-state index contributed by atoms with van der Waals surface area (Å²) < 4.78 is 25.3. The minimum Gasteiger partial charge on any atom is -0.491 e. The van der Waals surface area contributed by atoms with Crippen molar-refractivity contribution in [2.45, 2.75) is 6.42 Å². The molecule has 2 aromatic carbocycles. The summed E-state index contributed by atoms with van der Waals surface area (Å²) >= 11 is 6.16. The molecule has 0 spiro atoms. The van der Waals surface area contributed by atoms with Crippen molar-refractivity contribution in [3.63, 3.8) is 0 Å². The molecule has 7 nitrogen and oxygen atoms in total. The van der Waals surface area contributed by atoms with Gasteiger partial charge in [-0.2, -0.15) is 0 Å². The Morgan fingerprint density at radius 2 is 2.10 bits per heavy atom. The van der Waals surface area contributed by atoms with Crippen LogP contribution in [0.5, 0.6) is 5.75 Å². The lowest BCUT2D eigenvalue weighted by atomic mass is 10.1. The number of rotatable bonds is 3. The number of hydrogen-bond acceptors (Lipinski definition) is 6. The zero-order valence-corrected chi connectivity index (χ0v) is 16.8. The van der Waals surface area contributed by atoms with E-state index in [0.29, 0.717) is 52.9 Å². The molecule has 9 heteroatoms. The fraction of sp³-hybridized carbons (Fsp3) is 0.136. The van der Waals surface area contributed by atoms with Gasteiger partial charge < -0.3 is 19.2 Å². The maximum Gasteiger partial charge on any atom is 0.336 e. The molecule has 0 amide bonds. The Kier molecular flexibility index (Phi) is 4.71. The summed E-state index contributed by atoms with van der Waals surface area (Å²) in [5.41, 5.74) is 1.54. The van der Waals surface area contributed by atoms with Gasteiger partial charge in [-0.15, -0.1) is 0 Å². The molecule has 2 aromatic heterocycles. The third-order valence-electron chi connectivity index (χ3n) is 4.99. The maximum absolute atomic E-state index is 13.9. The molecule has 1 N–H and O–H groups in total. The molecule has 5 rings (SSSR count). The fourth-order valence-corrected chi connectivity index (χ4v) is 3.76. The van der Waals surface area contributed by atoms with Gasteiger partial charge in [0.2, 0.25) is 5.89 Å². The van der Waals surface area contributed by atoms with Crippen LogP contribution in [0.4, 0.5) is 15.9 Å². The minimum absolute atomic E-state index is 0.0456. The van der Waals surface area contributed by atoms with Gasteiger partial charge in [-0.1, -0.05) is 17.7 Å². The van der Waals surface area contributed by atoms with Crippen LogP contribution in [0.1, 0.15) is 16.8 Å². The van der Waals surface area contributed by atoms with Crippen LogP contribution in [-0.2, 0) is 0 Å². The lowest BCUT2D eigenvalue weighted by Gasteiger charge is -2.23. The molecule has 0 bridgehead atoms. The number of hydrogen-bond donors (Lipinski definition) is 1. The first-order chi connectivity index (χ1) is 15.0. The second-order valence-electron chi connectivity index (χ2n) is 6.96. The van der Waals surface area contributed by atoms with Gasteiger partial charge in [0.05, 0.1) is 28.4 Å². The number of aromatic nitrogens is 2. The number of carbonyl (C=O) groups is 1. The van der Waals surface area contributed by atoms with Crippen LogP contribution in [-0.4, -0.2) is 34.2 Å². The van der Waals surface area contributed by atoms with Crippen LogP contribution in [0.3, 0.4) is 0 Å². The fourth-order valence-electron chi connectivity index (χ4n) is 3.56. The average molecular weight is 440 g/mol. The van der Waals surface area contributed by atoms with Crippen LogP contribution in [0.25, 0.3) is 22.6 Å². The first-order valence-electron chi connectivity index (χ1n) is 9.50. The van der Waals surface area contributed by atoms with Crippen molar-refractivity contribution in [1.82, 2.24) is 9.97 Å². The van der Waals surface area contributed by atoms with E-state index in [1.165, 1.54) is 24.4 Å². The van der Waals surface area contributed by atoms with Gasteiger partial charge in [-0.3, -0.25) is 0 Å². The van der Waals surface area contributed by atoms with Crippen molar-refractivity contribution in [2.75, 3.05) is 18.1 Å². The van der Waals surface area contributed by atoms with Crippen LogP contribution in [0, 0.1) is 5.82 Å². The number of aromatic carboxylic acids is 1. The third kappa shape index (κ3) is 3.44. The normalized spacial score (nSPS) is 13.5. The molecule has 0 fully saturated rings. The number of oxazole rings is 1. The van der Waals surface area contributed by atoms with E-state index in [-0.39, 0.29) is 17.0 Å². The summed E-state index contributed by atoms with van der Waals surface area (Å²) in [4.78, 5) is 22.6. The van der Waals surface area contributed by atoms with Gasteiger partial charge in [0.1, 0.15) is 22.9 Å². The van der Waals surface area contributed by atoms with Crippen LogP contribution in [0.15, 0.2) is 53.1 Å². The lowest BCUT2D eigenvalue weighted by Crippen LogP contribution is -2.20. The van der Waals surface area contributed by atoms with E-state index < -0.39 is 11.8 Å². The van der Waals surface area contributed by atoms with E-state index in [4.69, 9.17) is 20.8 Å². The van der Waals surface area contributed by atoms with E-state index in [2.05, 4.69) is 9.97 Å². The largest absolute Gasteiger partial charge is 0.491 e. The zero-order valence-electron chi connectivity index (χ0n) is 16.0. The van der Waals surface area contributed by atoms with Crippen molar-refractivity contribution in [3.8, 4) is 17.2 Å². The van der Waals surface area contributed by atoms with Gasteiger partial charge in [0.15, 0.2) is 5.58 Å². The molecule has 0 atom stereocenters. The lowest BCUT2D eigenvalue weighted by molar-refractivity contribution is 0.0697. The molecule has 0 aliphatic carbocycles. The number of ether oxygens (including phenoxy) is 1. The standard InChI is InChI=1S/C22H15ClFN3O4/c23-15-3-1-4-18-20(15)26-21(31-18)14-11-25-19(10-13(14)22(28)29)27-7-2-8-30-17-6-5-12(24)9-16(17)27/h1,3-6,9-11H,2,7-8H2,(H,28,29). The molecule has 0 unspecified atom stereocenters. The Balaban J connectivity index is 1.63. The molecular weight excluding hydrogens is 425 g/mol. The molecule has 1 aliphatic heterocycles. The van der Waals surface area contributed by atoms with Crippen molar-refractivity contribution in [3.05, 3.63) is 65.1 Å². The predicted octanol–water partition coefficient (Wildman–Crippen LogP) is 5.30. The molecule has 31 heavy (non-hydrogen) atoms. The quantitative estimate of drug-likeness (QED) is 0.463. The number of benzene rings is 2. The van der Waals surface area contributed by atoms with E-state index in [1.807, 2.05) is 0 Å². The van der Waals surface area contributed by atoms with Gasteiger partial charge in [-0.05, 0) is 36.8 Å². The van der Waals surface area contributed by atoms with Gasteiger partial charge in [0, 0.05) is 18.8 Å². The molecule has 0 radical (unpaired) electrons. The summed E-state index contributed by atoms with van der Waals surface area (Å²) in [6, 6.07) is 10.7. The topological polar surface area (TPSA) is 88.7 Å². The minimum atomic E-state index is -1.17. The molecule has 0 saturated heterocycles. The molecular formula is C22H15ClFN3O4. The number of fused-ring (bicyclic) bond motifs is 2. The van der Waals surface area contributed by atoms with Crippen LogP contribution >= 0.6 is 11.6 Å². The number of para-hydroxylation sites is 1. The Morgan fingerprint density at radius 3 is 2.90 bits per heavy atom. The second-order valence-corrected chi connectivity index (χ2v) is 7.37. The Hall–Kier alpha value is -3.65. The zero-order chi connectivity index (χ0) is 21.5. The maximum atomic E-state index is 13.9. The Morgan fingerprint density at radius 1 is 1.23 bits per heavy atom. The van der Waals surface area contributed by atoms with E-state index in [9.17, 15) is 14.3 Å². The van der Waals surface area contributed by atoms with Crippen molar-refractivity contribution in [1.29, 1.82) is 0 Å². The number of carboxylic acid groups (broad SMARTS) is 1. The first-order valence-corrected chi connectivity index (χ1v) is 9.88. The number of halogens is 2. The summed E-state index contributed by atoms with van der Waals surface area (Å²) in [5.74, 6) is -0.627. The van der Waals surface area contributed by atoms with Gasteiger partial charge in [-0.25, -0.2) is 19.2 Å². The Labute approximate surface area is 180 Å². The summed E-state index contributed by atoms with van der Waals surface area (Å²) in [6.45, 7) is 0.947. The first kappa shape index (κ1) is 19.3. The highest BCUT2D eigenvalue weighted by Crippen LogP contribution is 2.37. The molecule has 4 aromatic rings. The van der Waals surface area contributed by atoms with E-state index >= 15 is 0 Å². The monoisotopic (exact) mass is 439 g/mol. The predicted molar refractivity (Wildman–Crippen MR) is 113 cm³/mol. The Bertz CT molecular complexity index is 1320. The van der Waals surface area contributed by atoms with Gasteiger partial charge >= 0.3 is 5.97 Å². The molecule has 0 saturated carbocycles. The van der Waals surface area contributed by atoms with Crippen LogP contribution in [0.2, 0.25) is 5.02 Å². The van der Waals surface area contributed by atoms with Crippen molar-refractivity contribution in [2.24, 2.45) is 0 Å². The second kappa shape index (κ2) is 7.55. The van der Waals surface area contributed by atoms with Gasteiger partial charge in [0.25, 0.3) is 0 Å². The summed E-state index contributed by atoms with van der Waals surface area (Å²) in [7, 11) is 0. The molecule has 1 aliphatic rings. The summed E-state index contributed by atoms with van der Waals surface area (Å²) in [6.07, 6.45) is 2.05. The smallest absolute Gasteiger partial charge is 0.336 e. The van der Waals surface area contributed by atoms with Crippen LogP contribution < -0.4 is 9.64 Å². The highest BCUT2D eigenvalue weighted by Gasteiger charge is 2.24. The molecule has 3 heterocycles. The number of anilines is 2. The van der Waals surface area contributed by atoms with Crippen molar-refractivity contribution >= 4 is 40.2 Å². The van der Waals surface area contributed by atoms with E-state index in [0.717, 1.165) is 0 Å². The number of nitrogens with zero attached hydrogens (tertiary/aromatic N) is 3. The number of carboxylic acids is 1. The third-order valence-corrected chi connectivity index (χ3v) is 5.30. The van der Waals surface area contributed by atoms with Crippen molar-refractivity contribution < 1.29 is 23.4 Å². The average Bonchev–Trinajstić information content (AvgIpc) is 3.09. The highest BCUT2D eigenvalue weighted by atomic mass is 35.5. The van der Waals surface area contributed by atoms with E-state index in [1.54, 1.807) is 29.2 Å². The summed E-state index contributed by atoms with van der Waals surface area (Å²) in [5, 5.41) is 10.2. The SMILES string of the molecule is O=C(O)c1cc(N2CCCOc3ccc(F)cc32)ncc1-c1nc2c(Cl)cccc2o1.